The second-order valence-electron chi connectivity index (χ2n) is 6.04. The lowest BCUT2D eigenvalue weighted by atomic mass is 9.84. The molecular weight excluding hydrogens is 238 g/mol. The number of rotatable bonds is 3. The maximum absolute atomic E-state index is 6.57. The second-order valence-corrected chi connectivity index (χ2v) is 6.04. The number of aromatic nitrogens is 2. The van der Waals surface area contributed by atoms with Crippen LogP contribution in [0.1, 0.15) is 67.9 Å². The third-order valence-electron chi connectivity index (χ3n) is 4.73. The van der Waals surface area contributed by atoms with Crippen LogP contribution in [0.4, 0.5) is 0 Å². The molecule has 3 rings (SSSR count). The highest BCUT2D eigenvalue weighted by Gasteiger charge is 2.37. The molecule has 4 nitrogen and oxygen atoms in total. The molecule has 2 fully saturated rings. The van der Waals surface area contributed by atoms with Gasteiger partial charge in [0.1, 0.15) is 5.82 Å². The van der Waals surface area contributed by atoms with Gasteiger partial charge in [-0.15, -0.1) is 0 Å². The first-order chi connectivity index (χ1) is 9.14. The molecule has 0 aromatic carbocycles. The smallest absolute Gasteiger partial charge is 0.221 e. The minimum absolute atomic E-state index is 0.284. The Balaban J connectivity index is 2.03. The summed E-state index contributed by atoms with van der Waals surface area (Å²) in [6.07, 6.45) is 8.09. The highest BCUT2D eigenvalue weighted by atomic mass is 16.5. The van der Waals surface area contributed by atoms with E-state index in [9.17, 15) is 0 Å². The van der Waals surface area contributed by atoms with Gasteiger partial charge in [0, 0.05) is 17.2 Å². The summed E-state index contributed by atoms with van der Waals surface area (Å²) in [6, 6.07) is 0. The van der Waals surface area contributed by atoms with Gasteiger partial charge in [-0.2, -0.15) is 4.98 Å². The van der Waals surface area contributed by atoms with Crippen LogP contribution >= 0.6 is 0 Å². The fraction of sp³-hybridized carbons (Fsp3) is 0.733. The Morgan fingerprint density at radius 3 is 2.37 bits per heavy atom. The molecule has 2 N–H and O–H groups in total. The van der Waals surface area contributed by atoms with Crippen LogP contribution in [-0.4, -0.2) is 17.1 Å². The maximum Gasteiger partial charge on any atom is 0.221 e. The van der Waals surface area contributed by atoms with Crippen molar-refractivity contribution in [3.05, 3.63) is 17.1 Å². The van der Waals surface area contributed by atoms with Crippen molar-refractivity contribution in [3.8, 4) is 5.88 Å². The Bertz CT molecular complexity index is 477. The van der Waals surface area contributed by atoms with Crippen LogP contribution in [0.2, 0.25) is 0 Å². The van der Waals surface area contributed by atoms with Crippen molar-refractivity contribution in [2.24, 2.45) is 5.73 Å². The summed E-state index contributed by atoms with van der Waals surface area (Å²) in [5.41, 5.74) is 8.34. The molecule has 1 heterocycles. The third-order valence-corrected chi connectivity index (χ3v) is 4.73. The van der Waals surface area contributed by atoms with Crippen LogP contribution in [0.25, 0.3) is 0 Å². The molecule has 2 aliphatic rings. The number of nitrogens with two attached hydrogens (primary N) is 1. The van der Waals surface area contributed by atoms with Crippen molar-refractivity contribution in [2.45, 2.75) is 63.3 Å². The van der Waals surface area contributed by atoms with E-state index in [0.717, 1.165) is 29.9 Å². The van der Waals surface area contributed by atoms with Gasteiger partial charge in [-0.1, -0.05) is 19.3 Å². The summed E-state index contributed by atoms with van der Waals surface area (Å²) < 4.78 is 5.53. The summed E-state index contributed by atoms with van der Waals surface area (Å²) in [5.74, 6) is 2.18. The number of aryl methyl sites for hydroxylation is 1. The molecule has 1 aromatic heterocycles. The topological polar surface area (TPSA) is 61.0 Å². The van der Waals surface area contributed by atoms with Gasteiger partial charge in [-0.25, -0.2) is 4.98 Å². The highest BCUT2D eigenvalue weighted by Crippen LogP contribution is 2.42. The van der Waals surface area contributed by atoms with Crippen LogP contribution in [-0.2, 0) is 5.54 Å². The van der Waals surface area contributed by atoms with E-state index in [0.29, 0.717) is 11.8 Å². The molecule has 104 valence electrons. The summed E-state index contributed by atoms with van der Waals surface area (Å²) in [4.78, 5) is 9.37. The Labute approximate surface area is 114 Å². The zero-order valence-corrected chi connectivity index (χ0v) is 11.9. The van der Waals surface area contributed by atoms with Crippen LogP contribution in [0.3, 0.4) is 0 Å². The summed E-state index contributed by atoms with van der Waals surface area (Å²) in [7, 11) is 1.69. The van der Waals surface area contributed by atoms with Gasteiger partial charge in [0.25, 0.3) is 0 Å². The van der Waals surface area contributed by atoms with Crippen molar-refractivity contribution in [1.29, 1.82) is 0 Å². The first-order valence-electron chi connectivity index (χ1n) is 7.36. The molecule has 0 bridgehead atoms. The van der Waals surface area contributed by atoms with Crippen molar-refractivity contribution in [3.63, 3.8) is 0 Å². The SMILES string of the molecule is COc1nc(C2CCC2)nc(C)c1C1(N)CCCC1. The molecular formula is C15H23N3O. The number of ether oxygens (including phenoxy) is 1. The molecule has 0 radical (unpaired) electrons. The van der Waals surface area contributed by atoms with E-state index in [2.05, 4.69) is 11.9 Å². The van der Waals surface area contributed by atoms with Crippen molar-refractivity contribution >= 4 is 0 Å². The average molecular weight is 261 g/mol. The number of hydrogen-bond donors (Lipinski definition) is 1. The van der Waals surface area contributed by atoms with Gasteiger partial charge >= 0.3 is 0 Å². The summed E-state index contributed by atoms with van der Waals surface area (Å²) >= 11 is 0. The average Bonchev–Trinajstić information content (AvgIpc) is 2.73. The van der Waals surface area contributed by atoms with E-state index in [-0.39, 0.29) is 5.54 Å². The second kappa shape index (κ2) is 4.75. The van der Waals surface area contributed by atoms with Crippen LogP contribution < -0.4 is 10.5 Å². The zero-order chi connectivity index (χ0) is 13.5. The number of hydrogen-bond acceptors (Lipinski definition) is 4. The first kappa shape index (κ1) is 12.9. The Morgan fingerprint density at radius 2 is 1.84 bits per heavy atom. The normalized spacial score (nSPS) is 22.3. The van der Waals surface area contributed by atoms with E-state index in [1.54, 1.807) is 7.11 Å². The summed E-state index contributed by atoms with van der Waals surface area (Å²) in [5, 5.41) is 0. The van der Waals surface area contributed by atoms with Gasteiger partial charge < -0.3 is 10.5 Å². The van der Waals surface area contributed by atoms with Gasteiger partial charge in [0.15, 0.2) is 0 Å². The molecule has 0 aliphatic heterocycles. The van der Waals surface area contributed by atoms with E-state index < -0.39 is 0 Å². The molecule has 19 heavy (non-hydrogen) atoms. The quantitative estimate of drug-likeness (QED) is 0.909. The molecule has 4 heteroatoms. The molecule has 2 aliphatic carbocycles. The van der Waals surface area contributed by atoms with Gasteiger partial charge in [0.2, 0.25) is 5.88 Å². The molecule has 0 atom stereocenters. The Hall–Kier alpha value is -1.16. The van der Waals surface area contributed by atoms with E-state index in [1.807, 2.05) is 0 Å². The lowest BCUT2D eigenvalue weighted by Crippen LogP contribution is -2.35. The molecule has 2 saturated carbocycles. The molecule has 0 saturated heterocycles. The highest BCUT2D eigenvalue weighted by molar-refractivity contribution is 5.38. The largest absolute Gasteiger partial charge is 0.481 e. The predicted octanol–water partition coefficient (Wildman–Crippen LogP) is 2.79. The molecule has 0 unspecified atom stereocenters. The lowest BCUT2D eigenvalue weighted by molar-refractivity contribution is 0.346. The number of methoxy groups -OCH3 is 1. The molecule has 1 aromatic rings. The van der Waals surface area contributed by atoms with Gasteiger partial charge in [0.05, 0.1) is 12.7 Å². The fourth-order valence-electron chi connectivity index (χ4n) is 3.39. The van der Waals surface area contributed by atoms with Gasteiger partial charge in [-0.3, -0.25) is 0 Å². The fourth-order valence-corrected chi connectivity index (χ4v) is 3.39. The molecule has 0 spiro atoms. The van der Waals surface area contributed by atoms with Gasteiger partial charge in [-0.05, 0) is 32.6 Å². The number of nitrogens with zero attached hydrogens (tertiary/aromatic N) is 2. The maximum atomic E-state index is 6.57. The minimum Gasteiger partial charge on any atom is -0.481 e. The van der Waals surface area contributed by atoms with E-state index in [4.69, 9.17) is 15.5 Å². The van der Waals surface area contributed by atoms with Crippen LogP contribution in [0, 0.1) is 6.92 Å². The Morgan fingerprint density at radius 1 is 1.16 bits per heavy atom. The van der Waals surface area contributed by atoms with Crippen molar-refractivity contribution < 1.29 is 4.74 Å². The lowest BCUT2D eigenvalue weighted by Gasteiger charge is -2.29. The third kappa shape index (κ3) is 2.12. The predicted molar refractivity (Wildman–Crippen MR) is 74.2 cm³/mol. The first-order valence-corrected chi connectivity index (χ1v) is 7.36. The van der Waals surface area contributed by atoms with Crippen molar-refractivity contribution in [1.82, 2.24) is 9.97 Å². The van der Waals surface area contributed by atoms with E-state index in [1.165, 1.54) is 32.1 Å². The zero-order valence-electron chi connectivity index (χ0n) is 11.9. The summed E-state index contributed by atoms with van der Waals surface area (Å²) in [6.45, 7) is 2.05. The van der Waals surface area contributed by atoms with E-state index >= 15 is 0 Å². The Kier molecular flexibility index (Phi) is 3.21. The monoisotopic (exact) mass is 261 g/mol. The van der Waals surface area contributed by atoms with Crippen LogP contribution in [0.15, 0.2) is 0 Å². The van der Waals surface area contributed by atoms with Crippen molar-refractivity contribution in [2.75, 3.05) is 7.11 Å². The van der Waals surface area contributed by atoms with Crippen LogP contribution in [0.5, 0.6) is 5.88 Å². The molecule has 0 amide bonds. The minimum atomic E-state index is -0.284. The standard InChI is InChI=1S/C15H23N3O/c1-10-12(15(16)8-3-4-9-15)14(19-2)18-13(17-10)11-6-5-7-11/h11H,3-9,16H2,1-2H3.